The van der Waals surface area contributed by atoms with E-state index in [4.69, 9.17) is 11.1 Å². The van der Waals surface area contributed by atoms with Gasteiger partial charge in [0.05, 0.1) is 17.5 Å². The largest absolute Gasteiger partial charge is 0.365 e. The average molecular weight is 405 g/mol. The highest BCUT2D eigenvalue weighted by Gasteiger charge is 2.16. The number of rotatable bonds is 9. The third-order valence-corrected chi connectivity index (χ3v) is 4.01. The van der Waals surface area contributed by atoms with Crippen LogP contribution in [0.5, 0.6) is 0 Å². The number of halogens is 1. The van der Waals surface area contributed by atoms with Crippen LogP contribution in [-0.4, -0.2) is 23.3 Å². The van der Waals surface area contributed by atoms with Crippen molar-refractivity contribution >= 4 is 41.3 Å². The Morgan fingerprint density at radius 2 is 1.87 bits per heavy atom. The van der Waals surface area contributed by atoms with E-state index in [0.29, 0.717) is 17.9 Å². The van der Waals surface area contributed by atoms with Crippen LogP contribution in [0.15, 0.2) is 65.8 Å². The van der Waals surface area contributed by atoms with Crippen LogP contribution in [0.25, 0.3) is 0 Å². The summed E-state index contributed by atoms with van der Waals surface area (Å²) in [5.41, 5.74) is 10.3. The van der Waals surface area contributed by atoms with Gasteiger partial charge >= 0.3 is 0 Å². The van der Waals surface area contributed by atoms with Gasteiger partial charge in [0.1, 0.15) is 5.82 Å². The number of hydrogen-bond donors (Lipinski definition) is 5. The van der Waals surface area contributed by atoms with Crippen molar-refractivity contribution in [2.24, 2.45) is 10.8 Å². The van der Waals surface area contributed by atoms with Crippen LogP contribution >= 0.6 is 0 Å². The lowest BCUT2D eigenvalue weighted by atomic mass is 10.2. The molecule has 0 aliphatic heterocycles. The highest BCUT2D eigenvalue weighted by molar-refractivity contribution is 6.14. The first-order chi connectivity index (χ1) is 14.6. The first-order valence-corrected chi connectivity index (χ1v) is 9.00. The van der Waals surface area contributed by atoms with Gasteiger partial charge in [-0.15, -0.1) is 0 Å². The fourth-order valence-corrected chi connectivity index (χ4v) is 2.63. The number of carbonyl (C=O) groups excluding carboxylic acids is 1. The molecule has 0 spiro atoms. The van der Waals surface area contributed by atoms with Gasteiger partial charge in [-0.1, -0.05) is 36.4 Å². The van der Waals surface area contributed by atoms with Gasteiger partial charge in [-0.3, -0.25) is 10.2 Å². The maximum atomic E-state index is 14.6. The predicted molar refractivity (Wildman–Crippen MR) is 117 cm³/mol. The minimum atomic E-state index is -0.779. The number of nitrogens with one attached hydrogen (secondary N) is 4. The number of carbonyl (C=O) groups is 1. The van der Waals surface area contributed by atoms with E-state index in [-0.39, 0.29) is 17.2 Å². The second-order valence-electron chi connectivity index (χ2n) is 6.18. The van der Waals surface area contributed by atoms with Crippen molar-refractivity contribution in [2.45, 2.75) is 6.54 Å². The van der Waals surface area contributed by atoms with E-state index < -0.39 is 11.7 Å². The van der Waals surface area contributed by atoms with Gasteiger partial charge in [0, 0.05) is 18.4 Å². The quantitative estimate of drug-likeness (QED) is 0.274. The van der Waals surface area contributed by atoms with E-state index in [2.05, 4.69) is 26.1 Å². The molecule has 6 N–H and O–H groups in total. The summed E-state index contributed by atoms with van der Waals surface area (Å²) in [5.74, 6) is -1.37. The summed E-state index contributed by atoms with van der Waals surface area (Å²) in [7, 11) is 0. The van der Waals surface area contributed by atoms with Gasteiger partial charge in [0.2, 0.25) is 0 Å². The third kappa shape index (κ3) is 5.38. The lowest BCUT2D eigenvalue weighted by molar-refractivity contribution is 0.100. The van der Waals surface area contributed by atoms with E-state index in [1.807, 2.05) is 30.3 Å². The van der Waals surface area contributed by atoms with Crippen molar-refractivity contribution in [3.63, 3.8) is 0 Å². The van der Waals surface area contributed by atoms with Crippen molar-refractivity contribution in [1.29, 1.82) is 5.41 Å². The standard InChI is InChI=1S/C21H20FN7O/c22-18-12-17(19(24)30)20(25-13-14-5-2-1-3-6-14)28-21(18)27-15-7-4-8-16(11-15)29-26-10-9-23/h1-12,23,29H,13H2,(H2,24,30)(H2,25,27,28)/b23-9?,26-10-. The first kappa shape index (κ1) is 20.5. The number of primary amides is 1. The molecule has 0 unspecified atom stereocenters. The summed E-state index contributed by atoms with van der Waals surface area (Å²) in [6, 6.07) is 17.5. The van der Waals surface area contributed by atoms with Crippen LogP contribution < -0.4 is 21.8 Å². The maximum absolute atomic E-state index is 14.6. The molecule has 30 heavy (non-hydrogen) atoms. The molecule has 2 aromatic carbocycles. The summed E-state index contributed by atoms with van der Waals surface area (Å²) >= 11 is 0. The minimum Gasteiger partial charge on any atom is -0.365 e. The number of benzene rings is 2. The lowest BCUT2D eigenvalue weighted by Crippen LogP contribution is -2.17. The molecule has 152 valence electrons. The highest BCUT2D eigenvalue weighted by atomic mass is 19.1. The maximum Gasteiger partial charge on any atom is 0.252 e. The molecule has 0 bridgehead atoms. The van der Waals surface area contributed by atoms with Crippen molar-refractivity contribution in [3.05, 3.63) is 77.6 Å². The molecule has 1 aromatic heterocycles. The van der Waals surface area contributed by atoms with E-state index in [0.717, 1.165) is 17.8 Å². The average Bonchev–Trinajstić information content (AvgIpc) is 2.75. The van der Waals surface area contributed by atoms with Crippen LogP contribution in [0.3, 0.4) is 0 Å². The smallest absolute Gasteiger partial charge is 0.252 e. The van der Waals surface area contributed by atoms with Gasteiger partial charge < -0.3 is 21.8 Å². The van der Waals surface area contributed by atoms with Crippen molar-refractivity contribution in [1.82, 2.24) is 4.98 Å². The monoisotopic (exact) mass is 405 g/mol. The van der Waals surface area contributed by atoms with Crippen molar-refractivity contribution < 1.29 is 9.18 Å². The van der Waals surface area contributed by atoms with E-state index in [1.54, 1.807) is 24.3 Å². The second-order valence-corrected chi connectivity index (χ2v) is 6.18. The van der Waals surface area contributed by atoms with Crippen molar-refractivity contribution in [3.8, 4) is 0 Å². The van der Waals surface area contributed by atoms with E-state index >= 15 is 0 Å². The van der Waals surface area contributed by atoms with Gasteiger partial charge in [0.15, 0.2) is 11.6 Å². The van der Waals surface area contributed by atoms with E-state index in [1.165, 1.54) is 6.21 Å². The number of anilines is 4. The Morgan fingerprint density at radius 1 is 1.10 bits per heavy atom. The summed E-state index contributed by atoms with van der Waals surface area (Å²) in [6.07, 6.45) is 2.33. The first-order valence-electron chi connectivity index (χ1n) is 9.00. The molecule has 0 aliphatic carbocycles. The van der Waals surface area contributed by atoms with E-state index in [9.17, 15) is 9.18 Å². The molecule has 1 amide bonds. The number of amides is 1. The minimum absolute atomic E-state index is 0.0367. The number of nitrogens with zero attached hydrogens (tertiary/aromatic N) is 2. The Morgan fingerprint density at radius 3 is 2.60 bits per heavy atom. The Labute approximate surface area is 172 Å². The predicted octanol–water partition coefficient (Wildman–Crippen LogP) is 3.72. The number of pyridine rings is 1. The molecule has 9 heteroatoms. The molecule has 0 atom stereocenters. The van der Waals surface area contributed by atoms with Crippen LogP contribution in [0.1, 0.15) is 15.9 Å². The third-order valence-electron chi connectivity index (χ3n) is 4.01. The van der Waals surface area contributed by atoms with Crippen LogP contribution in [0.4, 0.5) is 27.4 Å². The topological polar surface area (TPSA) is 128 Å². The van der Waals surface area contributed by atoms with Crippen molar-refractivity contribution in [2.75, 3.05) is 16.1 Å². The zero-order valence-corrected chi connectivity index (χ0v) is 15.9. The summed E-state index contributed by atoms with van der Waals surface area (Å²) in [5, 5.41) is 16.7. The molecule has 1 heterocycles. The summed E-state index contributed by atoms with van der Waals surface area (Å²) in [4.78, 5) is 16.0. The molecular formula is C21H20FN7O. The fourth-order valence-electron chi connectivity index (χ4n) is 2.63. The molecule has 3 aromatic rings. The Hall–Kier alpha value is -4.27. The highest BCUT2D eigenvalue weighted by Crippen LogP contribution is 2.25. The zero-order valence-electron chi connectivity index (χ0n) is 15.9. The number of hydrogen-bond acceptors (Lipinski definition) is 7. The summed E-state index contributed by atoms with van der Waals surface area (Å²) in [6.45, 7) is 0.392. The number of hydrazone groups is 1. The lowest BCUT2D eigenvalue weighted by Gasteiger charge is -2.14. The molecule has 0 fully saturated rings. The van der Waals surface area contributed by atoms with Gasteiger partial charge in [-0.05, 0) is 29.8 Å². The van der Waals surface area contributed by atoms with Crippen LogP contribution in [0.2, 0.25) is 0 Å². The van der Waals surface area contributed by atoms with Gasteiger partial charge in [0.25, 0.3) is 5.91 Å². The Balaban J connectivity index is 1.84. The van der Waals surface area contributed by atoms with Crippen LogP contribution in [0, 0.1) is 11.2 Å². The summed E-state index contributed by atoms with van der Waals surface area (Å²) < 4.78 is 14.6. The molecule has 8 nitrogen and oxygen atoms in total. The SMILES string of the molecule is N=C/C=N\Nc1cccc(Nc2nc(NCc3ccccc3)c(C(N)=O)cc2F)c1. The molecular weight excluding hydrogens is 385 g/mol. The molecule has 0 aliphatic rings. The molecule has 3 rings (SSSR count). The number of nitrogens with two attached hydrogens (primary N) is 1. The molecule has 0 saturated carbocycles. The number of aromatic nitrogens is 1. The van der Waals surface area contributed by atoms with Gasteiger partial charge in [-0.25, -0.2) is 9.37 Å². The zero-order chi connectivity index (χ0) is 21.3. The normalized spacial score (nSPS) is 10.6. The molecule has 0 saturated heterocycles. The second kappa shape index (κ2) is 9.78. The van der Waals surface area contributed by atoms with Gasteiger partial charge in [-0.2, -0.15) is 5.10 Å². The van der Waals surface area contributed by atoms with Crippen LogP contribution in [-0.2, 0) is 6.54 Å². The Bertz CT molecular complexity index is 1070. The molecule has 0 radical (unpaired) electrons. The fraction of sp³-hybridized carbons (Fsp3) is 0.0476. The Kier molecular flexibility index (Phi) is 6.67.